The van der Waals surface area contributed by atoms with E-state index in [9.17, 15) is 24.6 Å². The second-order valence-corrected chi connectivity index (χ2v) is 10.5. The van der Waals surface area contributed by atoms with Crippen LogP contribution in [0.3, 0.4) is 0 Å². The Labute approximate surface area is 220 Å². The summed E-state index contributed by atoms with van der Waals surface area (Å²) >= 11 is 0. The lowest BCUT2D eigenvalue weighted by Crippen LogP contribution is -2.53. The summed E-state index contributed by atoms with van der Waals surface area (Å²) in [6.07, 6.45) is 0.386. The van der Waals surface area contributed by atoms with Crippen LogP contribution in [0.4, 0.5) is 5.69 Å². The molecule has 3 N–H and O–H groups in total. The highest BCUT2D eigenvalue weighted by Gasteiger charge is 2.42. The first-order chi connectivity index (χ1) is 18.2. The number of rotatable bonds is 5. The molecule has 0 bridgehead atoms. The SMILES string of the molecule is CN1CCN(Cc2ccc(C(O)(O)c3ccc4c5c(cccc35)C(=O)N4C3CCC(=O)NC3=O)cc2)CC1. The molecule has 0 radical (unpaired) electrons. The molecular formula is C29H30N4O5. The van der Waals surface area contributed by atoms with Gasteiger partial charge >= 0.3 is 0 Å². The molecule has 1 unspecified atom stereocenters. The van der Waals surface area contributed by atoms with Gasteiger partial charge in [-0.2, -0.15) is 0 Å². The number of imide groups is 1. The predicted molar refractivity (Wildman–Crippen MR) is 141 cm³/mol. The summed E-state index contributed by atoms with van der Waals surface area (Å²) in [5, 5.41) is 26.2. The van der Waals surface area contributed by atoms with E-state index in [0.29, 0.717) is 27.6 Å². The zero-order valence-electron chi connectivity index (χ0n) is 21.2. The fourth-order valence-electron chi connectivity index (χ4n) is 5.81. The van der Waals surface area contributed by atoms with Crippen LogP contribution in [0.25, 0.3) is 10.8 Å². The van der Waals surface area contributed by atoms with E-state index in [1.807, 2.05) is 12.1 Å². The molecule has 0 aromatic heterocycles. The molecule has 2 fully saturated rings. The molecule has 38 heavy (non-hydrogen) atoms. The van der Waals surface area contributed by atoms with Gasteiger partial charge in [0.2, 0.25) is 17.6 Å². The summed E-state index contributed by atoms with van der Waals surface area (Å²) in [4.78, 5) is 43.7. The van der Waals surface area contributed by atoms with Crippen molar-refractivity contribution in [2.75, 3.05) is 38.1 Å². The standard InChI is InChI=1S/C29H30N4O5/c1-31-13-15-32(16-14-31)17-18-5-7-19(8-6-18)29(37,38)22-9-10-23-26-20(22)3-2-4-21(26)28(36)33(23)24-11-12-25(34)30-27(24)35/h2-10,24,37-38H,11-17H2,1H3,(H,30,34,35). The van der Waals surface area contributed by atoms with Crippen LogP contribution in [-0.2, 0) is 21.9 Å². The quantitative estimate of drug-likeness (QED) is 0.350. The van der Waals surface area contributed by atoms with Gasteiger partial charge in [-0.1, -0.05) is 42.5 Å². The summed E-state index contributed by atoms with van der Waals surface area (Å²) in [5.41, 5.74) is 2.59. The minimum absolute atomic E-state index is 0.152. The summed E-state index contributed by atoms with van der Waals surface area (Å²) in [6.45, 7) is 4.86. The molecule has 2 saturated heterocycles. The minimum Gasteiger partial charge on any atom is -0.358 e. The van der Waals surface area contributed by atoms with E-state index in [0.717, 1.165) is 38.3 Å². The van der Waals surface area contributed by atoms with E-state index >= 15 is 0 Å². The van der Waals surface area contributed by atoms with Gasteiger partial charge in [-0.15, -0.1) is 0 Å². The van der Waals surface area contributed by atoms with E-state index in [-0.39, 0.29) is 30.2 Å². The van der Waals surface area contributed by atoms with Crippen LogP contribution in [0.15, 0.2) is 54.6 Å². The van der Waals surface area contributed by atoms with Crippen LogP contribution in [0.5, 0.6) is 0 Å². The summed E-state index contributed by atoms with van der Waals surface area (Å²) in [7, 11) is 2.12. The van der Waals surface area contributed by atoms with Crippen molar-refractivity contribution in [2.45, 2.75) is 31.2 Å². The van der Waals surface area contributed by atoms with Crippen molar-refractivity contribution in [3.05, 3.63) is 76.9 Å². The van der Waals surface area contributed by atoms with Gasteiger partial charge in [0.05, 0.1) is 5.69 Å². The van der Waals surface area contributed by atoms with Crippen molar-refractivity contribution in [2.24, 2.45) is 0 Å². The Balaban J connectivity index is 1.32. The molecule has 3 heterocycles. The van der Waals surface area contributed by atoms with Crippen molar-refractivity contribution in [3.8, 4) is 0 Å². The van der Waals surface area contributed by atoms with Crippen molar-refractivity contribution in [1.29, 1.82) is 0 Å². The largest absolute Gasteiger partial charge is 0.358 e. The maximum Gasteiger partial charge on any atom is 0.259 e. The number of likely N-dealkylation sites (N-methyl/N-ethyl adjacent to an activating group) is 1. The molecule has 3 aromatic carbocycles. The number of anilines is 1. The van der Waals surface area contributed by atoms with Crippen molar-refractivity contribution >= 4 is 34.2 Å². The molecule has 0 aliphatic carbocycles. The van der Waals surface area contributed by atoms with E-state index in [1.165, 1.54) is 4.90 Å². The number of hydrogen-bond donors (Lipinski definition) is 3. The topological polar surface area (TPSA) is 113 Å². The van der Waals surface area contributed by atoms with Gasteiger partial charge in [0.25, 0.3) is 5.91 Å². The monoisotopic (exact) mass is 514 g/mol. The highest BCUT2D eigenvalue weighted by molar-refractivity contribution is 6.27. The first-order valence-corrected chi connectivity index (χ1v) is 12.9. The van der Waals surface area contributed by atoms with Crippen LogP contribution >= 0.6 is 0 Å². The van der Waals surface area contributed by atoms with Gasteiger partial charge in [-0.05, 0) is 36.6 Å². The molecule has 0 saturated carbocycles. The number of nitrogens with one attached hydrogen (secondary N) is 1. The van der Waals surface area contributed by atoms with Crippen LogP contribution in [-0.4, -0.2) is 77.0 Å². The molecule has 3 aliphatic heterocycles. The Hall–Kier alpha value is -3.63. The Kier molecular flexibility index (Phi) is 6.03. The number of hydrogen-bond acceptors (Lipinski definition) is 7. The fraction of sp³-hybridized carbons (Fsp3) is 0.345. The van der Waals surface area contributed by atoms with E-state index in [1.54, 1.807) is 42.5 Å². The Morgan fingerprint density at radius 2 is 1.68 bits per heavy atom. The number of carbonyl (C=O) groups is 3. The summed E-state index contributed by atoms with van der Waals surface area (Å²) < 4.78 is 0. The molecule has 3 aromatic rings. The third kappa shape index (κ3) is 4.08. The molecular weight excluding hydrogens is 484 g/mol. The number of nitrogens with zero attached hydrogens (tertiary/aromatic N) is 3. The third-order valence-corrected chi connectivity index (χ3v) is 7.98. The van der Waals surface area contributed by atoms with Gasteiger partial charge in [-0.3, -0.25) is 29.5 Å². The maximum absolute atomic E-state index is 13.4. The molecule has 196 valence electrons. The number of carbonyl (C=O) groups excluding carboxylic acids is 3. The smallest absolute Gasteiger partial charge is 0.259 e. The maximum atomic E-state index is 13.4. The Morgan fingerprint density at radius 3 is 2.39 bits per heavy atom. The lowest BCUT2D eigenvalue weighted by Gasteiger charge is -2.32. The molecule has 9 nitrogen and oxygen atoms in total. The van der Waals surface area contributed by atoms with E-state index < -0.39 is 17.7 Å². The predicted octanol–water partition coefficient (Wildman–Crippen LogP) is 1.54. The second-order valence-electron chi connectivity index (χ2n) is 10.5. The molecule has 3 amide bonds. The van der Waals surface area contributed by atoms with E-state index in [4.69, 9.17) is 0 Å². The summed E-state index contributed by atoms with van der Waals surface area (Å²) in [5.74, 6) is -3.49. The minimum atomic E-state index is -2.30. The van der Waals surface area contributed by atoms with Crippen LogP contribution in [0.2, 0.25) is 0 Å². The van der Waals surface area contributed by atoms with Gasteiger partial charge in [0.15, 0.2) is 0 Å². The number of piperidine rings is 1. The molecule has 9 heteroatoms. The average molecular weight is 515 g/mol. The van der Waals surface area contributed by atoms with Crippen molar-refractivity contribution < 1.29 is 24.6 Å². The lowest BCUT2D eigenvalue weighted by molar-refractivity contribution is -0.134. The number of amides is 3. The number of piperazine rings is 1. The normalized spacial score (nSPS) is 20.9. The molecule has 0 spiro atoms. The Bertz CT molecular complexity index is 1440. The molecule has 1 atom stereocenters. The highest BCUT2D eigenvalue weighted by Crippen LogP contribution is 2.44. The number of aliphatic hydroxyl groups is 2. The second kappa shape index (κ2) is 9.28. The third-order valence-electron chi connectivity index (χ3n) is 7.98. The lowest BCUT2D eigenvalue weighted by atomic mass is 9.91. The van der Waals surface area contributed by atoms with Gasteiger partial charge in [0, 0.05) is 61.2 Å². The van der Waals surface area contributed by atoms with E-state index in [2.05, 4.69) is 22.2 Å². The summed E-state index contributed by atoms with van der Waals surface area (Å²) in [6, 6.07) is 14.9. The van der Waals surface area contributed by atoms with Crippen molar-refractivity contribution in [1.82, 2.24) is 15.1 Å². The van der Waals surface area contributed by atoms with Crippen LogP contribution < -0.4 is 10.2 Å². The van der Waals surface area contributed by atoms with Crippen molar-refractivity contribution in [3.63, 3.8) is 0 Å². The average Bonchev–Trinajstić information content (AvgIpc) is 3.19. The van der Waals surface area contributed by atoms with Gasteiger partial charge < -0.3 is 15.1 Å². The van der Waals surface area contributed by atoms with Gasteiger partial charge in [0.1, 0.15) is 6.04 Å². The van der Waals surface area contributed by atoms with Crippen LogP contribution in [0, 0.1) is 0 Å². The van der Waals surface area contributed by atoms with Crippen LogP contribution in [0.1, 0.15) is 39.9 Å². The molecule has 6 rings (SSSR count). The fourth-order valence-corrected chi connectivity index (χ4v) is 5.81. The number of benzene rings is 3. The zero-order chi connectivity index (χ0) is 26.6. The first kappa shape index (κ1) is 24.7. The molecule has 3 aliphatic rings. The van der Waals surface area contributed by atoms with Gasteiger partial charge in [-0.25, -0.2) is 0 Å². The highest BCUT2D eigenvalue weighted by atomic mass is 16.5. The Morgan fingerprint density at radius 1 is 0.947 bits per heavy atom. The zero-order valence-corrected chi connectivity index (χ0v) is 21.2. The first-order valence-electron chi connectivity index (χ1n) is 12.9.